The predicted octanol–water partition coefficient (Wildman–Crippen LogP) is 19.5. The molecular formula is C60H107BrN10S3. The van der Waals surface area contributed by atoms with Crippen LogP contribution in [0.5, 0.6) is 0 Å². The van der Waals surface area contributed by atoms with Crippen LogP contribution in [0.25, 0.3) is 10.4 Å². The van der Waals surface area contributed by atoms with Crippen molar-refractivity contribution >= 4 is 78.1 Å². The summed E-state index contributed by atoms with van der Waals surface area (Å²) in [7, 11) is 5.58. The van der Waals surface area contributed by atoms with Gasteiger partial charge in [0.15, 0.2) is 15.5 Å². The highest BCUT2D eigenvalue weighted by Gasteiger charge is 2.48. The minimum absolute atomic E-state index is 0. The van der Waals surface area contributed by atoms with Crippen LogP contribution in [0.2, 0.25) is 0 Å². The van der Waals surface area contributed by atoms with Gasteiger partial charge < -0.3 is 21.7 Å². The maximum Gasteiger partial charge on any atom is 0.156 e. The average molecular weight is 1140 g/mol. The summed E-state index contributed by atoms with van der Waals surface area (Å²) in [5.41, 5.74) is 20.2. The van der Waals surface area contributed by atoms with Crippen molar-refractivity contribution in [1.82, 2.24) is 16.0 Å². The van der Waals surface area contributed by atoms with Gasteiger partial charge in [0.05, 0.1) is 16.6 Å². The number of amidine groups is 3. The van der Waals surface area contributed by atoms with Gasteiger partial charge in [-0.1, -0.05) is 243 Å². The first-order valence-electron chi connectivity index (χ1n) is 27.2. The highest BCUT2D eigenvalue weighted by molar-refractivity contribution is 9.10. The Bertz CT molecular complexity index is 1990. The fourth-order valence-electron chi connectivity index (χ4n) is 10.3. The number of aliphatic imine (C=N–C) groups is 3. The molecule has 3 aliphatic carbocycles. The molecule has 6 atom stereocenters. The van der Waals surface area contributed by atoms with Gasteiger partial charge in [-0.25, -0.2) is 0 Å². The first-order valence-corrected chi connectivity index (χ1v) is 30.9. The molecule has 0 radical (unpaired) electrons. The Labute approximate surface area is 476 Å². The zero-order valence-electron chi connectivity index (χ0n) is 46.6. The molecule has 3 aromatic carbocycles. The van der Waals surface area contributed by atoms with Crippen molar-refractivity contribution in [2.45, 2.75) is 199 Å². The molecule has 0 aromatic heterocycles. The smallest absolute Gasteiger partial charge is 0.156 e. The Morgan fingerprint density at radius 1 is 0.514 bits per heavy atom. The second-order valence-corrected chi connectivity index (χ2v) is 20.5. The van der Waals surface area contributed by atoms with Gasteiger partial charge in [0.1, 0.15) is 0 Å². The first-order chi connectivity index (χ1) is 34.8. The molecule has 0 bridgehead atoms. The minimum Gasteiger partial charge on any atom is -0.399 e. The zero-order chi connectivity index (χ0) is 53.3. The molecule has 0 spiro atoms. The van der Waals surface area contributed by atoms with E-state index in [1.807, 2.05) is 164 Å². The molecule has 6 unspecified atom stereocenters. The number of anilines is 1. The van der Waals surface area contributed by atoms with Crippen molar-refractivity contribution in [1.29, 1.82) is 0 Å². The molecule has 6 aliphatic rings. The van der Waals surface area contributed by atoms with Crippen molar-refractivity contribution in [3.8, 4) is 0 Å². The molecule has 5 N–H and O–H groups in total. The van der Waals surface area contributed by atoms with E-state index in [-0.39, 0.29) is 38.9 Å². The first kappa shape index (κ1) is 74.9. The van der Waals surface area contributed by atoms with E-state index in [9.17, 15) is 0 Å². The molecular weight excluding hydrogens is 1040 g/mol. The highest BCUT2D eigenvalue weighted by Crippen LogP contribution is 2.49. The van der Waals surface area contributed by atoms with Crippen LogP contribution in [0.1, 0.15) is 199 Å². The van der Waals surface area contributed by atoms with Crippen molar-refractivity contribution in [3.05, 3.63) is 104 Å². The number of azide groups is 1. The van der Waals surface area contributed by atoms with Gasteiger partial charge in [-0.3, -0.25) is 15.0 Å². The summed E-state index contributed by atoms with van der Waals surface area (Å²) in [6, 6.07) is 25.2. The third kappa shape index (κ3) is 19.9. The van der Waals surface area contributed by atoms with Gasteiger partial charge in [0, 0.05) is 59.2 Å². The zero-order valence-corrected chi connectivity index (χ0v) is 50.7. The lowest BCUT2D eigenvalue weighted by Gasteiger charge is -2.49. The fraction of sp³-hybridized carbons (Fsp3) is 0.650. The molecule has 3 heterocycles. The largest absolute Gasteiger partial charge is 0.399 e. The minimum atomic E-state index is -0.0562. The Morgan fingerprint density at radius 3 is 1.19 bits per heavy atom. The monoisotopic (exact) mass is 1140 g/mol. The molecule has 3 saturated heterocycles. The van der Waals surface area contributed by atoms with E-state index in [2.05, 4.69) is 105 Å². The summed E-state index contributed by atoms with van der Waals surface area (Å²) < 4.78 is 1.17. The summed E-state index contributed by atoms with van der Waals surface area (Å²) in [5.74, 6) is 5.44. The second-order valence-electron chi connectivity index (χ2n) is 16.5. The number of nitrogens with one attached hydrogen (secondary N) is 3. The predicted molar refractivity (Wildman–Crippen MR) is 346 cm³/mol. The van der Waals surface area contributed by atoms with Gasteiger partial charge in [0.2, 0.25) is 0 Å². The molecule has 6 fully saturated rings. The summed E-state index contributed by atoms with van der Waals surface area (Å²) in [4.78, 5) is 16.0. The van der Waals surface area contributed by atoms with E-state index >= 15 is 0 Å². The lowest BCUT2D eigenvalue weighted by atomic mass is 9.69. The molecule has 3 aliphatic heterocycles. The molecule has 422 valence electrons. The van der Waals surface area contributed by atoms with Gasteiger partial charge in [-0.15, -0.1) is 0 Å². The van der Waals surface area contributed by atoms with E-state index < -0.39 is 0 Å². The SMILES string of the molecule is C.C.C.CC.CC.CC.CC.CC.CC.CN=C1NC2(c3cccc(Br)c3)CCCCC2CS1.CN=C1NC2(c3cccc(N)c3)CCCCC2CS1.CN=C1NC2(c3cccc(N=[N+]=[N-])c3)CCCCC2CS1. The topological polar surface area (TPSA) is 148 Å². The summed E-state index contributed by atoms with van der Waals surface area (Å²) in [6.07, 6.45) is 15.2. The number of nitrogens with two attached hydrogens (primary N) is 1. The van der Waals surface area contributed by atoms with Crippen molar-refractivity contribution in [3.63, 3.8) is 0 Å². The van der Waals surface area contributed by atoms with Crippen LogP contribution in [0.3, 0.4) is 0 Å². The molecule has 9 rings (SSSR count). The number of nitrogen functional groups attached to an aromatic ring is 1. The summed E-state index contributed by atoms with van der Waals surface area (Å²) in [6.45, 7) is 24.0. The number of thioether (sulfide) groups is 3. The molecule has 3 saturated carbocycles. The number of benzene rings is 3. The van der Waals surface area contributed by atoms with Gasteiger partial charge in [-0.05, 0) is 109 Å². The van der Waals surface area contributed by atoms with Crippen LogP contribution in [-0.4, -0.2) is 53.9 Å². The third-order valence-corrected chi connectivity index (χ3v) is 17.2. The van der Waals surface area contributed by atoms with Crippen LogP contribution in [0.15, 0.2) is 97.4 Å². The van der Waals surface area contributed by atoms with Crippen LogP contribution in [0.4, 0.5) is 11.4 Å². The van der Waals surface area contributed by atoms with E-state index in [1.165, 1.54) is 97.5 Å². The Balaban J connectivity index is -0.000000909. The normalized spacial score (nSPS) is 25.8. The van der Waals surface area contributed by atoms with E-state index in [1.54, 1.807) is 0 Å². The summed E-state index contributed by atoms with van der Waals surface area (Å²) in [5, 5.41) is 18.1. The fourth-order valence-corrected chi connectivity index (χ4v) is 14.3. The summed E-state index contributed by atoms with van der Waals surface area (Å²) >= 11 is 9.15. The number of halogens is 1. The van der Waals surface area contributed by atoms with E-state index in [0.717, 1.165) is 39.1 Å². The van der Waals surface area contributed by atoms with Gasteiger partial charge >= 0.3 is 0 Å². The molecule has 10 nitrogen and oxygen atoms in total. The van der Waals surface area contributed by atoms with Crippen LogP contribution >= 0.6 is 51.2 Å². The van der Waals surface area contributed by atoms with Gasteiger partial charge in [-0.2, -0.15) is 0 Å². The molecule has 0 amide bonds. The number of nitrogens with zero attached hydrogens (tertiary/aromatic N) is 6. The van der Waals surface area contributed by atoms with Crippen LogP contribution in [0, 0.1) is 17.8 Å². The number of fused-ring (bicyclic) bond motifs is 3. The van der Waals surface area contributed by atoms with Crippen LogP contribution < -0.4 is 21.7 Å². The van der Waals surface area contributed by atoms with Crippen molar-refractivity contribution in [2.24, 2.45) is 37.8 Å². The molecule has 3 aromatic rings. The second kappa shape index (κ2) is 41.8. The Kier molecular flexibility index (Phi) is 42.4. The lowest BCUT2D eigenvalue weighted by molar-refractivity contribution is 0.182. The van der Waals surface area contributed by atoms with E-state index in [0.29, 0.717) is 23.4 Å². The van der Waals surface area contributed by atoms with Crippen molar-refractivity contribution in [2.75, 3.05) is 44.1 Å². The average Bonchev–Trinajstić information content (AvgIpc) is 3.46. The third-order valence-electron chi connectivity index (χ3n) is 13.3. The lowest BCUT2D eigenvalue weighted by Crippen LogP contribution is -2.56. The molecule has 14 heteroatoms. The van der Waals surface area contributed by atoms with Crippen LogP contribution in [-0.2, 0) is 16.6 Å². The maximum atomic E-state index is 8.65. The Morgan fingerprint density at radius 2 is 0.851 bits per heavy atom. The number of hydrogen-bond acceptors (Lipinski definition) is 8. The molecule has 74 heavy (non-hydrogen) atoms. The van der Waals surface area contributed by atoms with Crippen molar-refractivity contribution < 1.29 is 0 Å². The van der Waals surface area contributed by atoms with E-state index in [4.69, 9.17) is 11.3 Å². The standard InChI is InChI=1S/C15H19BrN2S.C15H19N5S.C15H21N3S.6C2H6.3CH4/c1-17-14-18-15(11-6-4-7-13(16)9-11)8-3-2-5-12(15)10-19-14;1-17-14-18-15(8-3-2-5-12(15)10-21-14)11-6-4-7-13(9-11)19-20-16;1-17-14-18-15(11-6-4-7-13(16)9-11)8-3-2-5-12(15)10-19-14;6*1-2;;;/h4,6-7,9,12H,2-3,5,8,10H2,1H3,(H,17,18);4,6-7,9,12H,2-3,5,8,10H2,1H3,(H,17,18);4,6-7,9,12H,2-3,5,8,10,16H2,1H3,(H,17,18);6*1-2H3;3*1H4. The van der Waals surface area contributed by atoms with Gasteiger partial charge in [0.25, 0.3) is 0 Å². The number of hydrogen-bond donors (Lipinski definition) is 4. The quantitative estimate of drug-likeness (QED) is 0.0880. The Hall–Kier alpha value is -3.29. The number of rotatable bonds is 4. The highest BCUT2D eigenvalue weighted by atomic mass is 79.9. The maximum absolute atomic E-state index is 8.65.